The van der Waals surface area contributed by atoms with Crippen molar-refractivity contribution in [2.45, 2.75) is 58.7 Å². The van der Waals surface area contributed by atoms with Gasteiger partial charge in [-0.1, -0.05) is 19.0 Å². The van der Waals surface area contributed by atoms with E-state index in [0.29, 0.717) is 18.6 Å². The van der Waals surface area contributed by atoms with Crippen LogP contribution in [0.4, 0.5) is 5.95 Å². The van der Waals surface area contributed by atoms with Gasteiger partial charge in [0.05, 0.1) is 18.9 Å². The summed E-state index contributed by atoms with van der Waals surface area (Å²) in [4.78, 5) is 52.8. The van der Waals surface area contributed by atoms with Gasteiger partial charge in [0.2, 0.25) is 11.9 Å². The lowest BCUT2D eigenvalue weighted by Gasteiger charge is -2.25. The number of carbonyl (C=O) groups is 2. The van der Waals surface area contributed by atoms with Gasteiger partial charge in [0.25, 0.3) is 5.56 Å². The van der Waals surface area contributed by atoms with Crippen molar-refractivity contribution in [3.05, 3.63) is 27.1 Å². The highest BCUT2D eigenvalue weighted by atomic mass is 16.6. The molecule has 13 nitrogen and oxygen atoms in total. The fourth-order valence-corrected chi connectivity index (χ4v) is 3.73. The van der Waals surface area contributed by atoms with Gasteiger partial charge >= 0.3 is 5.97 Å². The van der Waals surface area contributed by atoms with E-state index >= 15 is 0 Å². The highest BCUT2D eigenvalue weighted by Crippen LogP contribution is 2.30. The molecule has 2 N–H and O–H groups in total. The molecular weight excluding hydrogens is 430 g/mol. The Labute approximate surface area is 190 Å². The zero-order valence-corrected chi connectivity index (χ0v) is 19.4. The first-order valence-electron chi connectivity index (χ1n) is 10.7. The molecule has 0 unspecified atom stereocenters. The number of ether oxygens (including phenoxy) is 1. The summed E-state index contributed by atoms with van der Waals surface area (Å²) in [5.41, 5.74) is 8.15. The fraction of sp³-hybridized carbons (Fsp3) is 0.650. The number of rotatable bonds is 7. The van der Waals surface area contributed by atoms with Gasteiger partial charge in [0.1, 0.15) is 5.60 Å². The second kappa shape index (κ2) is 9.59. The van der Waals surface area contributed by atoms with Gasteiger partial charge in [-0.3, -0.25) is 29.6 Å². The van der Waals surface area contributed by atoms with E-state index in [4.69, 9.17) is 10.3 Å². The molecule has 1 fully saturated rings. The van der Waals surface area contributed by atoms with Crippen LogP contribution in [0, 0.1) is 5.92 Å². The molecule has 13 heteroatoms. The number of carbonyl (C=O) groups excluding carboxylic acids is 2. The lowest BCUT2D eigenvalue weighted by molar-refractivity contribution is -0.156. The van der Waals surface area contributed by atoms with Crippen molar-refractivity contribution in [3.8, 4) is 0 Å². The van der Waals surface area contributed by atoms with E-state index in [9.17, 15) is 14.4 Å². The molecule has 0 radical (unpaired) electrons. The Kier molecular flexibility index (Phi) is 7.04. The number of aromatic amines is 1. The Morgan fingerprint density at radius 1 is 1.42 bits per heavy atom. The maximum absolute atomic E-state index is 12.5. The average molecular weight is 460 g/mol. The average Bonchev–Trinajstić information content (AvgIpc) is 3.28. The van der Waals surface area contributed by atoms with Crippen molar-refractivity contribution in [2.24, 2.45) is 11.0 Å². The lowest BCUT2D eigenvalue weighted by Crippen LogP contribution is -2.39. The summed E-state index contributed by atoms with van der Waals surface area (Å²) in [5.74, 6) is -0.893. The molecule has 0 saturated carbocycles. The van der Waals surface area contributed by atoms with Crippen LogP contribution in [0.2, 0.25) is 0 Å². The number of H-pyrrole nitrogens is 1. The molecule has 0 bridgehead atoms. The van der Waals surface area contributed by atoms with Crippen LogP contribution < -0.4 is 10.9 Å². The van der Waals surface area contributed by atoms with Gasteiger partial charge in [-0.15, -0.1) is 0 Å². The first-order chi connectivity index (χ1) is 15.5. The fourth-order valence-electron chi connectivity index (χ4n) is 3.73. The molecule has 0 spiro atoms. The number of amides is 1. The van der Waals surface area contributed by atoms with Crippen molar-refractivity contribution in [2.75, 3.05) is 25.0 Å². The molecule has 1 aliphatic rings. The number of nitrogens with zero attached hydrogens (tertiary/aromatic N) is 7. The number of imidazole rings is 1. The third-order valence-corrected chi connectivity index (χ3v) is 5.21. The van der Waals surface area contributed by atoms with E-state index in [0.717, 1.165) is 0 Å². The van der Waals surface area contributed by atoms with Gasteiger partial charge in [-0.25, -0.2) is 4.98 Å². The number of nitrogens with one attached hydrogen (secondary N) is 2. The quantitative estimate of drug-likeness (QED) is 0.276. The van der Waals surface area contributed by atoms with Crippen molar-refractivity contribution in [1.29, 1.82) is 0 Å². The molecule has 178 valence electrons. The van der Waals surface area contributed by atoms with Gasteiger partial charge in [-0.2, -0.15) is 4.98 Å². The smallest absolute Gasteiger partial charge is 0.320 e. The minimum atomic E-state index is -0.612. The van der Waals surface area contributed by atoms with Crippen molar-refractivity contribution < 1.29 is 14.3 Å². The largest absolute Gasteiger partial charge is 0.459 e. The third-order valence-electron chi connectivity index (χ3n) is 5.21. The summed E-state index contributed by atoms with van der Waals surface area (Å²) in [7, 11) is 0. The molecule has 2 atom stereocenters. The topological polar surface area (TPSA) is 171 Å². The SMILES string of the molecule is CC(C)C(=O)Nc1nc2c(ncn2[C@@H]2C[C@H](CN=[N+]=[N-])N(CC(=O)OC(C)(C)C)C2)c(=O)[nH]1. The third kappa shape index (κ3) is 5.88. The number of likely N-dealkylation sites (tertiary alicyclic amines) is 1. The van der Waals surface area contributed by atoms with Crippen molar-refractivity contribution >= 4 is 29.0 Å². The molecule has 3 heterocycles. The maximum Gasteiger partial charge on any atom is 0.320 e. The van der Waals surface area contributed by atoms with Gasteiger partial charge in [-0.05, 0) is 32.7 Å². The molecule has 0 aliphatic carbocycles. The summed E-state index contributed by atoms with van der Waals surface area (Å²) in [6.07, 6.45) is 2.07. The van der Waals surface area contributed by atoms with E-state index in [2.05, 4.69) is 30.3 Å². The maximum atomic E-state index is 12.5. The van der Waals surface area contributed by atoms with Crippen molar-refractivity contribution in [1.82, 2.24) is 24.4 Å². The summed E-state index contributed by atoms with van der Waals surface area (Å²) in [5, 5.41) is 6.29. The molecule has 1 saturated heterocycles. The summed E-state index contributed by atoms with van der Waals surface area (Å²) in [6.45, 7) is 9.53. The first kappa shape index (κ1) is 24.2. The number of hydrogen-bond acceptors (Lipinski definition) is 8. The van der Waals surface area contributed by atoms with Crippen LogP contribution in [0.1, 0.15) is 47.1 Å². The highest BCUT2D eigenvalue weighted by molar-refractivity contribution is 5.91. The Morgan fingerprint density at radius 2 is 2.15 bits per heavy atom. The molecule has 2 aromatic heterocycles. The van der Waals surface area contributed by atoms with E-state index in [-0.39, 0.29) is 54.4 Å². The summed E-state index contributed by atoms with van der Waals surface area (Å²) in [6, 6.07) is -0.378. The minimum absolute atomic E-state index is 0.0374. The van der Waals surface area contributed by atoms with E-state index in [1.807, 2.05) is 4.90 Å². The van der Waals surface area contributed by atoms with Crippen LogP contribution in [-0.4, -0.2) is 67.6 Å². The van der Waals surface area contributed by atoms with Crippen LogP contribution in [-0.2, 0) is 14.3 Å². The molecule has 2 aromatic rings. The normalized spacial score (nSPS) is 19.0. The molecule has 33 heavy (non-hydrogen) atoms. The van der Waals surface area contributed by atoms with Gasteiger partial charge in [0.15, 0.2) is 11.2 Å². The predicted octanol–water partition coefficient (Wildman–Crippen LogP) is 1.98. The lowest BCUT2D eigenvalue weighted by atomic mass is 10.1. The highest BCUT2D eigenvalue weighted by Gasteiger charge is 2.35. The predicted molar refractivity (Wildman–Crippen MR) is 120 cm³/mol. The van der Waals surface area contributed by atoms with E-state index in [1.165, 1.54) is 6.33 Å². The van der Waals surface area contributed by atoms with Crippen molar-refractivity contribution in [3.63, 3.8) is 0 Å². The van der Waals surface area contributed by atoms with Crippen LogP contribution in [0.5, 0.6) is 0 Å². The Balaban J connectivity index is 1.88. The Morgan fingerprint density at radius 3 is 2.79 bits per heavy atom. The minimum Gasteiger partial charge on any atom is -0.459 e. The van der Waals surface area contributed by atoms with Crippen LogP contribution in [0.15, 0.2) is 16.2 Å². The number of azide groups is 1. The molecule has 3 rings (SSSR count). The zero-order valence-electron chi connectivity index (χ0n) is 19.4. The van der Waals surface area contributed by atoms with Crippen LogP contribution in [0.25, 0.3) is 21.6 Å². The summed E-state index contributed by atoms with van der Waals surface area (Å²) < 4.78 is 7.19. The number of fused-ring (bicyclic) bond motifs is 1. The standard InChI is InChI=1S/C20H29N9O4/c1-11(2)17(31)25-19-24-16-15(18(32)26-19)22-10-29(16)13-6-12(7-23-27-21)28(8-13)9-14(30)33-20(3,4)5/h10-13H,6-9H2,1-5H3,(H2,24,25,26,31,32)/t12-,13-/m1/s1. The summed E-state index contributed by atoms with van der Waals surface area (Å²) >= 11 is 0. The second-order valence-corrected chi connectivity index (χ2v) is 9.36. The van der Waals surface area contributed by atoms with Crippen LogP contribution >= 0.6 is 0 Å². The van der Waals surface area contributed by atoms with E-state index in [1.54, 1.807) is 39.2 Å². The molecule has 0 aromatic carbocycles. The zero-order chi connectivity index (χ0) is 24.3. The van der Waals surface area contributed by atoms with Crippen LogP contribution in [0.3, 0.4) is 0 Å². The number of esters is 1. The molecule has 1 amide bonds. The number of aromatic nitrogens is 4. The van der Waals surface area contributed by atoms with E-state index < -0.39 is 11.2 Å². The molecular formula is C20H29N9O4. The Hall–Kier alpha value is -3.44. The Bertz CT molecular complexity index is 1140. The first-order valence-corrected chi connectivity index (χ1v) is 10.7. The number of anilines is 1. The monoisotopic (exact) mass is 459 g/mol. The van der Waals surface area contributed by atoms with Gasteiger partial charge < -0.3 is 9.30 Å². The second-order valence-electron chi connectivity index (χ2n) is 9.36. The molecule has 1 aliphatic heterocycles. The van der Waals surface area contributed by atoms with Gasteiger partial charge in [0, 0.05) is 30.0 Å². The number of hydrogen-bond donors (Lipinski definition) is 2.